The first kappa shape index (κ1) is 21.9. The van der Waals surface area contributed by atoms with E-state index in [9.17, 15) is 9.18 Å². The molecule has 162 valence electrons. The Morgan fingerprint density at radius 3 is 2.59 bits per heavy atom. The zero-order chi connectivity index (χ0) is 22.5. The molecule has 8 heteroatoms. The number of benzene rings is 3. The van der Waals surface area contributed by atoms with E-state index >= 15 is 0 Å². The molecule has 1 saturated heterocycles. The number of methoxy groups -OCH3 is 1. The molecule has 0 spiro atoms. The molecule has 4 rings (SSSR count). The van der Waals surface area contributed by atoms with Crippen molar-refractivity contribution in [2.75, 3.05) is 7.11 Å². The van der Waals surface area contributed by atoms with Crippen LogP contribution >= 0.6 is 23.4 Å². The Hall–Kier alpha value is -3.29. The third kappa shape index (κ3) is 5.30. The number of amides is 1. The van der Waals surface area contributed by atoms with Gasteiger partial charge in [-0.05, 0) is 65.4 Å². The lowest BCUT2D eigenvalue weighted by Gasteiger charge is -2.13. The van der Waals surface area contributed by atoms with Crippen LogP contribution in [-0.4, -0.2) is 18.2 Å². The monoisotopic (exact) mass is 468 g/mol. The highest BCUT2D eigenvalue weighted by molar-refractivity contribution is 8.18. The standard InChI is InChI=1S/C24H18ClFN2O3S/c1-30-20-12-16(11-19(25)22(20)31-14-15-5-3-2-4-6-15)13-21-23(29)28-24(32-21)27-18-9-7-17(26)8-10-18/h2-13H,14H2,1H3,(H,27,28,29)/b21-13+. The molecule has 3 aromatic rings. The number of nitrogens with one attached hydrogen (secondary N) is 1. The van der Waals surface area contributed by atoms with E-state index in [0.717, 1.165) is 5.56 Å². The summed E-state index contributed by atoms with van der Waals surface area (Å²) < 4.78 is 24.4. The SMILES string of the molecule is COc1cc(/C=C2/SC(=Nc3ccc(F)cc3)NC2=O)cc(Cl)c1OCc1ccccc1. The van der Waals surface area contributed by atoms with Crippen LogP contribution in [-0.2, 0) is 11.4 Å². The predicted octanol–water partition coefficient (Wildman–Crippen LogP) is 5.96. The normalized spacial score (nSPS) is 15.8. The molecule has 1 amide bonds. The van der Waals surface area contributed by atoms with E-state index in [1.165, 1.54) is 43.1 Å². The second kappa shape index (κ2) is 9.89. The van der Waals surface area contributed by atoms with Crippen LogP contribution in [0.3, 0.4) is 0 Å². The second-order valence-electron chi connectivity index (χ2n) is 6.77. The van der Waals surface area contributed by atoms with E-state index in [2.05, 4.69) is 10.3 Å². The molecule has 1 aliphatic rings. The van der Waals surface area contributed by atoms with E-state index in [4.69, 9.17) is 21.1 Å². The van der Waals surface area contributed by atoms with Gasteiger partial charge in [0, 0.05) is 0 Å². The molecule has 0 atom stereocenters. The number of thioether (sulfide) groups is 1. The van der Waals surface area contributed by atoms with Crippen molar-refractivity contribution in [3.63, 3.8) is 0 Å². The van der Waals surface area contributed by atoms with Crippen LogP contribution in [0.15, 0.2) is 76.6 Å². The van der Waals surface area contributed by atoms with E-state index in [1.54, 1.807) is 18.2 Å². The van der Waals surface area contributed by atoms with E-state index in [-0.39, 0.29) is 11.7 Å². The fraction of sp³-hybridized carbons (Fsp3) is 0.0833. The number of hydrogen-bond acceptors (Lipinski definition) is 5. The molecule has 5 nitrogen and oxygen atoms in total. The molecule has 0 aromatic heterocycles. The number of ether oxygens (including phenoxy) is 2. The van der Waals surface area contributed by atoms with E-state index in [1.807, 2.05) is 30.3 Å². The van der Waals surface area contributed by atoms with Gasteiger partial charge < -0.3 is 14.8 Å². The first-order valence-electron chi connectivity index (χ1n) is 9.61. The summed E-state index contributed by atoms with van der Waals surface area (Å²) in [6.07, 6.45) is 1.70. The topological polar surface area (TPSA) is 59.9 Å². The van der Waals surface area contributed by atoms with Gasteiger partial charge in [-0.3, -0.25) is 4.79 Å². The van der Waals surface area contributed by atoms with Crippen LogP contribution in [0, 0.1) is 5.82 Å². The van der Waals surface area contributed by atoms with Crippen molar-refractivity contribution in [1.82, 2.24) is 5.32 Å². The quantitative estimate of drug-likeness (QED) is 0.453. The minimum Gasteiger partial charge on any atom is -0.493 e. The van der Waals surface area contributed by atoms with Crippen molar-refractivity contribution in [3.8, 4) is 11.5 Å². The fourth-order valence-corrected chi connectivity index (χ4v) is 4.07. The van der Waals surface area contributed by atoms with Crippen LogP contribution < -0.4 is 14.8 Å². The molecule has 1 fully saturated rings. The van der Waals surface area contributed by atoms with Gasteiger partial charge in [-0.25, -0.2) is 9.38 Å². The molecule has 3 aromatic carbocycles. The van der Waals surface area contributed by atoms with Crippen LogP contribution in [0.2, 0.25) is 5.02 Å². The number of carbonyl (C=O) groups is 1. The molecule has 0 saturated carbocycles. The van der Waals surface area contributed by atoms with Crippen LogP contribution in [0.4, 0.5) is 10.1 Å². The number of aliphatic imine (C=N–C) groups is 1. The average molecular weight is 469 g/mol. The Labute approximate surface area is 193 Å². The lowest BCUT2D eigenvalue weighted by molar-refractivity contribution is -0.115. The number of hydrogen-bond donors (Lipinski definition) is 1. The smallest absolute Gasteiger partial charge is 0.264 e. The van der Waals surface area contributed by atoms with Crippen molar-refractivity contribution >= 4 is 46.2 Å². The molecule has 1 heterocycles. The molecular formula is C24H18ClFN2O3S. The Bertz CT molecular complexity index is 1200. The maximum atomic E-state index is 13.1. The van der Waals surface area contributed by atoms with E-state index < -0.39 is 0 Å². The Balaban J connectivity index is 1.53. The van der Waals surface area contributed by atoms with Crippen molar-refractivity contribution in [1.29, 1.82) is 0 Å². The lowest BCUT2D eigenvalue weighted by atomic mass is 10.1. The maximum Gasteiger partial charge on any atom is 0.264 e. The Morgan fingerprint density at radius 1 is 1.12 bits per heavy atom. The van der Waals surface area contributed by atoms with Gasteiger partial charge in [0.05, 0.1) is 22.7 Å². The number of rotatable bonds is 6. The zero-order valence-electron chi connectivity index (χ0n) is 17.0. The Morgan fingerprint density at radius 2 is 1.88 bits per heavy atom. The van der Waals surface area contributed by atoms with Crippen molar-refractivity contribution in [2.24, 2.45) is 4.99 Å². The largest absolute Gasteiger partial charge is 0.493 e. The summed E-state index contributed by atoms with van der Waals surface area (Å²) >= 11 is 7.64. The number of carbonyl (C=O) groups excluding carboxylic acids is 1. The van der Waals surface area contributed by atoms with Gasteiger partial charge in [-0.1, -0.05) is 41.9 Å². The summed E-state index contributed by atoms with van der Waals surface area (Å²) in [5.74, 6) is 0.265. The van der Waals surface area contributed by atoms with Crippen molar-refractivity contribution < 1.29 is 18.7 Å². The highest BCUT2D eigenvalue weighted by atomic mass is 35.5. The summed E-state index contributed by atoms with van der Waals surface area (Å²) in [4.78, 5) is 17.1. The molecule has 0 aliphatic carbocycles. The van der Waals surface area contributed by atoms with Crippen LogP contribution in [0.5, 0.6) is 11.5 Å². The summed E-state index contributed by atoms with van der Waals surface area (Å²) in [7, 11) is 1.53. The fourth-order valence-electron chi connectivity index (χ4n) is 2.96. The van der Waals surface area contributed by atoms with Crippen LogP contribution in [0.1, 0.15) is 11.1 Å². The van der Waals surface area contributed by atoms with Gasteiger partial charge in [-0.2, -0.15) is 0 Å². The van der Waals surface area contributed by atoms with E-state index in [0.29, 0.717) is 44.5 Å². The Kier molecular flexibility index (Phi) is 6.78. The zero-order valence-corrected chi connectivity index (χ0v) is 18.5. The second-order valence-corrected chi connectivity index (χ2v) is 8.20. The summed E-state index contributed by atoms with van der Waals surface area (Å²) in [5.41, 5.74) is 2.23. The third-order valence-electron chi connectivity index (χ3n) is 4.48. The minimum absolute atomic E-state index is 0.282. The highest BCUT2D eigenvalue weighted by Gasteiger charge is 2.24. The first-order chi connectivity index (χ1) is 15.5. The minimum atomic E-state index is -0.348. The number of nitrogens with zero attached hydrogens (tertiary/aromatic N) is 1. The van der Waals surface area contributed by atoms with Gasteiger partial charge in [-0.15, -0.1) is 0 Å². The molecule has 0 radical (unpaired) electrons. The molecular weight excluding hydrogens is 451 g/mol. The van der Waals surface area contributed by atoms with Gasteiger partial charge in [0.25, 0.3) is 5.91 Å². The third-order valence-corrected chi connectivity index (χ3v) is 5.67. The summed E-state index contributed by atoms with van der Waals surface area (Å²) in [5, 5.41) is 3.49. The number of amidine groups is 1. The summed E-state index contributed by atoms with van der Waals surface area (Å²) in [6.45, 7) is 0.346. The van der Waals surface area contributed by atoms with Crippen molar-refractivity contribution in [3.05, 3.63) is 93.6 Å². The van der Waals surface area contributed by atoms with Gasteiger partial charge in [0.2, 0.25) is 0 Å². The average Bonchev–Trinajstić information content (AvgIpc) is 3.13. The van der Waals surface area contributed by atoms with Gasteiger partial charge in [0.15, 0.2) is 16.7 Å². The molecule has 1 aliphatic heterocycles. The molecule has 1 N–H and O–H groups in total. The molecule has 0 unspecified atom stereocenters. The van der Waals surface area contributed by atoms with Gasteiger partial charge >= 0.3 is 0 Å². The predicted molar refractivity (Wildman–Crippen MR) is 126 cm³/mol. The number of halogens is 2. The summed E-state index contributed by atoms with van der Waals surface area (Å²) in [6, 6.07) is 18.9. The maximum absolute atomic E-state index is 13.1. The van der Waals surface area contributed by atoms with Crippen molar-refractivity contribution in [2.45, 2.75) is 6.61 Å². The molecule has 32 heavy (non-hydrogen) atoms. The van der Waals surface area contributed by atoms with Gasteiger partial charge in [0.1, 0.15) is 12.4 Å². The first-order valence-corrected chi connectivity index (χ1v) is 10.8. The van der Waals surface area contributed by atoms with Crippen LogP contribution in [0.25, 0.3) is 6.08 Å². The lowest BCUT2D eigenvalue weighted by Crippen LogP contribution is -2.19. The highest BCUT2D eigenvalue weighted by Crippen LogP contribution is 2.38. The molecule has 0 bridgehead atoms.